The minimum atomic E-state index is -0.336. The van der Waals surface area contributed by atoms with E-state index in [0.717, 1.165) is 24.8 Å². The molecule has 1 aliphatic carbocycles. The Morgan fingerprint density at radius 3 is 2.68 bits per heavy atom. The number of hydrogen-bond acceptors (Lipinski definition) is 4. The molecule has 6 heteroatoms. The Morgan fingerprint density at radius 2 is 2.00 bits per heavy atom. The Bertz CT molecular complexity index is 788. The van der Waals surface area contributed by atoms with E-state index in [1.165, 1.54) is 10.7 Å². The lowest BCUT2D eigenvalue weighted by atomic mass is 10.1. The third-order valence-electron chi connectivity index (χ3n) is 4.77. The molecule has 25 heavy (non-hydrogen) atoms. The van der Waals surface area contributed by atoms with Gasteiger partial charge in [-0.25, -0.2) is 4.68 Å². The maximum Gasteiger partial charge on any atom is 0.267 e. The van der Waals surface area contributed by atoms with Gasteiger partial charge in [-0.15, -0.1) is 0 Å². The number of carbonyl (C=O) groups excluding carboxylic acids is 1. The molecule has 0 bridgehead atoms. The normalized spacial score (nSPS) is 19.8. The molecule has 1 heterocycles. The third-order valence-corrected chi connectivity index (χ3v) is 4.77. The van der Waals surface area contributed by atoms with Crippen molar-refractivity contribution >= 4 is 5.91 Å². The van der Waals surface area contributed by atoms with E-state index in [0.29, 0.717) is 12.2 Å². The van der Waals surface area contributed by atoms with Gasteiger partial charge < -0.3 is 10.0 Å². The minimum absolute atomic E-state index is 0.0984. The van der Waals surface area contributed by atoms with Crippen LogP contribution in [0.2, 0.25) is 0 Å². The molecular formula is C19H23N3O3. The molecule has 1 aromatic carbocycles. The van der Waals surface area contributed by atoms with Crippen LogP contribution in [0.15, 0.2) is 47.3 Å². The molecule has 1 aromatic heterocycles. The molecule has 0 aliphatic heterocycles. The summed E-state index contributed by atoms with van der Waals surface area (Å²) >= 11 is 0. The molecular weight excluding hydrogens is 318 g/mol. The van der Waals surface area contributed by atoms with E-state index < -0.39 is 0 Å². The van der Waals surface area contributed by atoms with E-state index in [1.54, 1.807) is 18.0 Å². The molecule has 0 saturated heterocycles. The maximum atomic E-state index is 12.5. The second-order valence-electron chi connectivity index (χ2n) is 6.61. The molecule has 1 saturated carbocycles. The average Bonchev–Trinajstić information content (AvgIpc) is 3.02. The molecule has 1 fully saturated rings. The predicted octanol–water partition coefficient (Wildman–Crippen LogP) is 1.53. The second-order valence-corrected chi connectivity index (χ2v) is 6.61. The average molecular weight is 341 g/mol. The molecule has 1 N–H and O–H groups in total. The summed E-state index contributed by atoms with van der Waals surface area (Å²) in [6.45, 7) is 0.409. The lowest BCUT2D eigenvalue weighted by molar-refractivity contribution is -0.131. The topological polar surface area (TPSA) is 75.4 Å². The number of hydrogen-bond donors (Lipinski definition) is 1. The number of amides is 1. The summed E-state index contributed by atoms with van der Waals surface area (Å²) in [4.78, 5) is 26.1. The van der Waals surface area contributed by atoms with Crippen LogP contribution in [0.4, 0.5) is 0 Å². The summed E-state index contributed by atoms with van der Waals surface area (Å²) in [5, 5.41) is 14.2. The lowest BCUT2D eigenvalue weighted by Gasteiger charge is -2.23. The van der Waals surface area contributed by atoms with Gasteiger partial charge in [-0.2, -0.15) is 5.10 Å². The predicted molar refractivity (Wildman–Crippen MR) is 94.9 cm³/mol. The summed E-state index contributed by atoms with van der Waals surface area (Å²) in [6, 6.07) is 12.6. The van der Waals surface area contributed by atoms with Gasteiger partial charge in [0.05, 0.1) is 11.8 Å². The van der Waals surface area contributed by atoms with Crippen molar-refractivity contribution in [2.45, 2.75) is 31.9 Å². The number of aliphatic hydroxyl groups excluding tert-OH is 1. The van der Waals surface area contributed by atoms with E-state index in [4.69, 9.17) is 0 Å². The first kappa shape index (κ1) is 17.4. The first-order valence-corrected chi connectivity index (χ1v) is 8.60. The summed E-state index contributed by atoms with van der Waals surface area (Å²) in [5.41, 5.74) is 1.25. The molecule has 132 valence electrons. The summed E-state index contributed by atoms with van der Waals surface area (Å²) in [5.74, 6) is -0.0619. The fourth-order valence-corrected chi connectivity index (χ4v) is 3.26. The van der Waals surface area contributed by atoms with Gasteiger partial charge >= 0.3 is 0 Å². The molecule has 1 aliphatic rings. The minimum Gasteiger partial charge on any atom is -0.393 e. The fraction of sp³-hybridized carbons (Fsp3) is 0.421. The molecule has 2 unspecified atom stereocenters. The number of rotatable bonds is 5. The van der Waals surface area contributed by atoms with Crippen LogP contribution in [0.25, 0.3) is 11.3 Å². The number of aromatic nitrogens is 2. The molecule has 6 nitrogen and oxygen atoms in total. The van der Waals surface area contributed by atoms with Crippen molar-refractivity contribution in [1.82, 2.24) is 14.7 Å². The maximum absolute atomic E-state index is 12.5. The molecule has 1 amide bonds. The Hall–Kier alpha value is -2.47. The number of aliphatic hydroxyl groups is 1. The van der Waals surface area contributed by atoms with E-state index in [9.17, 15) is 14.7 Å². The van der Waals surface area contributed by atoms with Crippen LogP contribution in [0.5, 0.6) is 0 Å². The standard InChI is InChI=1S/C19H23N3O3/c1-21(12-15-8-5-9-17(15)23)19(25)13-22-18(24)11-10-16(20-22)14-6-3-2-4-7-14/h2-4,6-7,10-11,15,17,23H,5,8-9,12-13H2,1H3. The van der Waals surface area contributed by atoms with Crippen molar-refractivity contribution in [3.63, 3.8) is 0 Å². The summed E-state index contributed by atoms with van der Waals surface area (Å²) in [7, 11) is 1.71. The Morgan fingerprint density at radius 1 is 1.24 bits per heavy atom. The summed E-state index contributed by atoms with van der Waals surface area (Å²) in [6.07, 6.45) is 2.39. The van der Waals surface area contributed by atoms with Gasteiger partial charge in [-0.3, -0.25) is 9.59 Å². The second kappa shape index (κ2) is 7.61. The molecule has 0 radical (unpaired) electrons. The SMILES string of the molecule is CN(CC1CCCC1O)C(=O)Cn1nc(-c2ccccc2)ccc1=O. The zero-order chi connectivity index (χ0) is 17.8. The van der Waals surface area contributed by atoms with Crippen LogP contribution >= 0.6 is 0 Å². The number of carbonyl (C=O) groups is 1. The van der Waals surface area contributed by atoms with Crippen LogP contribution in [0.1, 0.15) is 19.3 Å². The van der Waals surface area contributed by atoms with Gasteiger partial charge in [0.25, 0.3) is 5.56 Å². The highest BCUT2D eigenvalue weighted by Gasteiger charge is 2.27. The fourth-order valence-electron chi connectivity index (χ4n) is 3.26. The highest BCUT2D eigenvalue weighted by Crippen LogP contribution is 2.26. The zero-order valence-electron chi connectivity index (χ0n) is 14.3. The van der Waals surface area contributed by atoms with Crippen molar-refractivity contribution in [3.8, 4) is 11.3 Å². The van der Waals surface area contributed by atoms with Crippen molar-refractivity contribution < 1.29 is 9.90 Å². The monoisotopic (exact) mass is 341 g/mol. The first-order chi connectivity index (χ1) is 12.0. The van der Waals surface area contributed by atoms with E-state index >= 15 is 0 Å². The van der Waals surface area contributed by atoms with Crippen molar-refractivity contribution in [2.75, 3.05) is 13.6 Å². The zero-order valence-corrected chi connectivity index (χ0v) is 14.3. The van der Waals surface area contributed by atoms with Gasteiger partial charge in [0, 0.05) is 31.1 Å². The van der Waals surface area contributed by atoms with Crippen LogP contribution in [-0.4, -0.2) is 45.4 Å². The number of benzene rings is 1. The van der Waals surface area contributed by atoms with E-state index in [-0.39, 0.29) is 30.0 Å². The van der Waals surface area contributed by atoms with E-state index in [1.807, 2.05) is 30.3 Å². The third kappa shape index (κ3) is 4.14. The number of likely N-dealkylation sites (N-methyl/N-ethyl adjacent to an activating group) is 1. The quantitative estimate of drug-likeness (QED) is 0.895. The smallest absolute Gasteiger partial charge is 0.267 e. The lowest BCUT2D eigenvalue weighted by Crippen LogP contribution is -2.38. The van der Waals surface area contributed by atoms with Crippen molar-refractivity contribution in [2.24, 2.45) is 5.92 Å². The van der Waals surface area contributed by atoms with Crippen LogP contribution in [-0.2, 0) is 11.3 Å². The highest BCUT2D eigenvalue weighted by atomic mass is 16.3. The Kier molecular flexibility index (Phi) is 5.28. The Labute approximate surface area is 146 Å². The summed E-state index contributed by atoms with van der Waals surface area (Å²) < 4.78 is 1.20. The van der Waals surface area contributed by atoms with Crippen LogP contribution in [0, 0.1) is 5.92 Å². The van der Waals surface area contributed by atoms with Gasteiger partial charge in [0.15, 0.2) is 0 Å². The van der Waals surface area contributed by atoms with Crippen molar-refractivity contribution in [3.05, 3.63) is 52.8 Å². The first-order valence-electron chi connectivity index (χ1n) is 8.60. The molecule has 2 atom stereocenters. The van der Waals surface area contributed by atoms with Crippen LogP contribution in [0.3, 0.4) is 0 Å². The highest BCUT2D eigenvalue weighted by molar-refractivity contribution is 5.75. The largest absolute Gasteiger partial charge is 0.393 e. The number of nitrogens with zero attached hydrogens (tertiary/aromatic N) is 3. The van der Waals surface area contributed by atoms with Gasteiger partial charge in [0.2, 0.25) is 5.91 Å². The van der Waals surface area contributed by atoms with Crippen LogP contribution < -0.4 is 5.56 Å². The molecule has 3 rings (SSSR count). The van der Waals surface area contributed by atoms with Gasteiger partial charge in [-0.05, 0) is 18.9 Å². The molecule has 2 aromatic rings. The van der Waals surface area contributed by atoms with E-state index in [2.05, 4.69) is 5.10 Å². The Balaban J connectivity index is 1.71. The van der Waals surface area contributed by atoms with Gasteiger partial charge in [0.1, 0.15) is 6.54 Å². The van der Waals surface area contributed by atoms with Gasteiger partial charge in [-0.1, -0.05) is 36.8 Å². The van der Waals surface area contributed by atoms with Crippen molar-refractivity contribution in [1.29, 1.82) is 0 Å². The molecule has 0 spiro atoms.